The topological polar surface area (TPSA) is 38.9 Å². The van der Waals surface area contributed by atoms with Gasteiger partial charge >= 0.3 is 0 Å². The number of halogens is 2. The lowest BCUT2D eigenvalue weighted by Crippen LogP contribution is -1.85. The van der Waals surface area contributed by atoms with Crippen LogP contribution >= 0.6 is 23.2 Å². The Balaban J connectivity index is 1.97. The molecule has 128 valence electrons. The van der Waals surface area contributed by atoms with Crippen molar-refractivity contribution < 1.29 is 4.42 Å². The summed E-state index contributed by atoms with van der Waals surface area (Å²) in [6, 6.07) is 19.6. The summed E-state index contributed by atoms with van der Waals surface area (Å²) in [7, 11) is 0. The highest BCUT2D eigenvalue weighted by Gasteiger charge is 2.19. The van der Waals surface area contributed by atoms with E-state index in [4.69, 9.17) is 32.6 Å². The summed E-state index contributed by atoms with van der Waals surface area (Å²) in [6.07, 6.45) is 0. The number of hydrogen-bond acceptors (Lipinski definition) is 3. The predicted octanol–water partition coefficient (Wildman–Crippen LogP) is 7.14. The lowest BCUT2D eigenvalue weighted by molar-refractivity contribution is 0.659. The first-order valence-corrected chi connectivity index (χ1v) is 9.25. The lowest BCUT2D eigenvalue weighted by Gasteiger charge is -2.07. The Hall–Kier alpha value is -2.88. The second kappa shape index (κ2) is 5.32. The molecule has 0 unspecified atom stereocenters. The smallest absolute Gasteiger partial charge is 0.246 e. The monoisotopic (exact) mass is 388 g/mol. The quantitative estimate of drug-likeness (QED) is 0.259. The molecule has 0 atom stereocenters. The van der Waals surface area contributed by atoms with Crippen LogP contribution in [-0.2, 0) is 0 Å². The van der Waals surface area contributed by atoms with Gasteiger partial charge in [0.15, 0.2) is 0 Å². The van der Waals surface area contributed by atoms with E-state index >= 15 is 0 Å². The molecule has 0 fully saturated rings. The summed E-state index contributed by atoms with van der Waals surface area (Å²) in [5, 5.41) is 6.31. The van der Waals surface area contributed by atoms with Crippen molar-refractivity contribution in [3.63, 3.8) is 0 Å². The third kappa shape index (κ3) is 2.04. The van der Waals surface area contributed by atoms with Crippen LogP contribution in [0.3, 0.4) is 0 Å². The van der Waals surface area contributed by atoms with Crippen molar-refractivity contribution in [2.24, 2.45) is 0 Å². The Morgan fingerprint density at radius 1 is 0.704 bits per heavy atom. The summed E-state index contributed by atoms with van der Waals surface area (Å²) in [5.41, 5.74) is 3.42. The summed E-state index contributed by atoms with van der Waals surface area (Å²) < 4.78 is 6.20. The van der Waals surface area contributed by atoms with Gasteiger partial charge in [0.2, 0.25) is 5.71 Å². The molecular weight excluding hydrogens is 379 g/mol. The minimum atomic E-state index is 0.484. The fourth-order valence-corrected chi connectivity index (χ4v) is 4.28. The molecule has 3 nitrogen and oxygen atoms in total. The lowest BCUT2D eigenvalue weighted by atomic mass is 9.98. The second-order valence-electron chi connectivity index (χ2n) is 6.52. The van der Waals surface area contributed by atoms with Gasteiger partial charge in [-0.3, -0.25) is 0 Å². The van der Waals surface area contributed by atoms with E-state index in [-0.39, 0.29) is 0 Å². The third-order valence-electron chi connectivity index (χ3n) is 4.98. The van der Waals surface area contributed by atoms with Gasteiger partial charge in [0.1, 0.15) is 11.1 Å². The van der Waals surface area contributed by atoms with Gasteiger partial charge in [-0.2, -0.15) is 0 Å². The highest BCUT2D eigenvalue weighted by molar-refractivity contribution is 6.42. The molecule has 5 heteroatoms. The van der Waals surface area contributed by atoms with Crippen molar-refractivity contribution in [3.8, 4) is 0 Å². The summed E-state index contributed by atoms with van der Waals surface area (Å²) in [4.78, 5) is 9.49. The largest absolute Gasteiger partial charge is 0.436 e. The van der Waals surface area contributed by atoms with Crippen molar-refractivity contribution in [1.82, 2.24) is 9.97 Å². The number of fused-ring (bicyclic) bond motifs is 9. The van der Waals surface area contributed by atoms with Crippen LogP contribution in [0.15, 0.2) is 65.1 Å². The molecule has 0 amide bonds. The predicted molar refractivity (Wildman–Crippen MR) is 112 cm³/mol. The SMILES string of the molecule is Clc1ccc2nc3c(nc2c1)oc1c2ccccc2c2cccc(Cl)c2c31. The third-order valence-corrected chi connectivity index (χ3v) is 5.53. The zero-order valence-electron chi connectivity index (χ0n) is 13.8. The van der Waals surface area contributed by atoms with E-state index in [1.165, 1.54) is 0 Å². The average Bonchev–Trinajstić information content (AvgIpc) is 3.05. The Bertz CT molecular complexity index is 1550. The van der Waals surface area contributed by atoms with Gasteiger partial charge in [-0.05, 0) is 35.0 Å². The maximum Gasteiger partial charge on any atom is 0.246 e. The molecule has 0 bridgehead atoms. The van der Waals surface area contributed by atoms with Crippen LogP contribution in [0.1, 0.15) is 0 Å². The fourth-order valence-electron chi connectivity index (χ4n) is 3.84. The number of furan rings is 1. The van der Waals surface area contributed by atoms with Gasteiger partial charge in [-0.15, -0.1) is 0 Å². The molecule has 2 heterocycles. The second-order valence-corrected chi connectivity index (χ2v) is 7.37. The van der Waals surface area contributed by atoms with Crippen LogP contribution in [0.25, 0.3) is 54.8 Å². The normalized spacial score (nSPS) is 12.1. The number of aromatic nitrogens is 2. The van der Waals surface area contributed by atoms with E-state index in [1.54, 1.807) is 6.07 Å². The molecule has 27 heavy (non-hydrogen) atoms. The number of hydrogen-bond donors (Lipinski definition) is 0. The molecule has 0 aliphatic rings. The van der Waals surface area contributed by atoms with Crippen molar-refractivity contribution >= 4 is 78.0 Å². The van der Waals surface area contributed by atoms with Crippen molar-refractivity contribution in [3.05, 3.63) is 70.7 Å². The van der Waals surface area contributed by atoms with E-state index < -0.39 is 0 Å². The van der Waals surface area contributed by atoms with E-state index in [1.807, 2.05) is 36.4 Å². The molecule has 0 aliphatic carbocycles. The van der Waals surface area contributed by atoms with Crippen LogP contribution in [-0.4, -0.2) is 9.97 Å². The minimum Gasteiger partial charge on any atom is -0.436 e. The maximum absolute atomic E-state index is 6.63. The first-order valence-electron chi connectivity index (χ1n) is 8.49. The molecule has 6 rings (SSSR count). The zero-order chi connectivity index (χ0) is 18.1. The summed E-state index contributed by atoms with van der Waals surface area (Å²) in [6.45, 7) is 0. The Labute approximate surface area is 163 Å². The molecule has 2 aromatic heterocycles. The fraction of sp³-hybridized carbons (Fsp3) is 0. The molecule has 0 N–H and O–H groups in total. The van der Waals surface area contributed by atoms with Gasteiger partial charge in [0, 0.05) is 20.8 Å². The van der Waals surface area contributed by atoms with Gasteiger partial charge in [-0.1, -0.05) is 59.6 Å². The Morgan fingerprint density at radius 3 is 2.41 bits per heavy atom. The van der Waals surface area contributed by atoms with Crippen molar-refractivity contribution in [2.45, 2.75) is 0 Å². The molecule has 0 aliphatic heterocycles. The van der Waals surface area contributed by atoms with Crippen molar-refractivity contribution in [1.29, 1.82) is 0 Å². The van der Waals surface area contributed by atoms with Gasteiger partial charge in [0.05, 0.1) is 16.4 Å². The summed E-state index contributed by atoms with van der Waals surface area (Å²) in [5.74, 6) is 0. The number of benzene rings is 4. The van der Waals surface area contributed by atoms with Crippen LogP contribution in [0.5, 0.6) is 0 Å². The van der Waals surface area contributed by atoms with Gasteiger partial charge in [0.25, 0.3) is 0 Å². The standard InChI is InChI=1S/C22H10Cl2N2O/c23-11-8-9-16-17(10-11)26-22-20(25-16)19-18-13(6-3-7-15(18)24)12-4-1-2-5-14(12)21(19)27-22/h1-10H. The molecule has 0 saturated heterocycles. The van der Waals surface area contributed by atoms with Crippen LogP contribution in [0.4, 0.5) is 0 Å². The molecule has 6 aromatic rings. The Kier molecular flexibility index (Phi) is 2.99. The van der Waals surface area contributed by atoms with E-state index in [0.29, 0.717) is 26.8 Å². The zero-order valence-corrected chi connectivity index (χ0v) is 15.3. The highest BCUT2D eigenvalue weighted by Crippen LogP contribution is 2.42. The Morgan fingerprint density at radius 2 is 1.52 bits per heavy atom. The van der Waals surface area contributed by atoms with E-state index in [2.05, 4.69) is 23.2 Å². The molecular formula is C22H10Cl2N2O. The van der Waals surface area contributed by atoms with E-state index in [9.17, 15) is 0 Å². The number of nitrogens with zero attached hydrogens (tertiary/aromatic N) is 2. The first kappa shape index (κ1) is 15.2. The van der Waals surface area contributed by atoms with E-state index in [0.717, 1.165) is 38.0 Å². The summed E-state index contributed by atoms with van der Waals surface area (Å²) >= 11 is 12.7. The maximum atomic E-state index is 6.63. The van der Waals surface area contributed by atoms with Gasteiger partial charge in [-0.25, -0.2) is 9.97 Å². The highest BCUT2D eigenvalue weighted by atomic mass is 35.5. The first-order chi connectivity index (χ1) is 13.2. The average molecular weight is 389 g/mol. The van der Waals surface area contributed by atoms with Gasteiger partial charge < -0.3 is 4.42 Å². The molecule has 0 spiro atoms. The van der Waals surface area contributed by atoms with Crippen LogP contribution in [0.2, 0.25) is 10.0 Å². The van der Waals surface area contributed by atoms with Crippen LogP contribution in [0, 0.1) is 0 Å². The minimum absolute atomic E-state index is 0.484. The molecule has 4 aromatic carbocycles. The number of rotatable bonds is 0. The molecule has 0 radical (unpaired) electrons. The molecule has 0 saturated carbocycles. The van der Waals surface area contributed by atoms with Crippen LogP contribution < -0.4 is 0 Å². The van der Waals surface area contributed by atoms with Crippen molar-refractivity contribution in [2.75, 3.05) is 0 Å².